The molecule has 2 saturated heterocycles. The molecule has 28 heavy (non-hydrogen) atoms. The predicted molar refractivity (Wildman–Crippen MR) is 108 cm³/mol. The van der Waals surface area contributed by atoms with Crippen LogP contribution in [0.3, 0.4) is 0 Å². The number of amides is 2. The summed E-state index contributed by atoms with van der Waals surface area (Å²) in [6, 6.07) is 4.20. The molecular formula is C21H32F2N4O. The average molecular weight is 395 g/mol. The van der Waals surface area contributed by atoms with E-state index >= 15 is 0 Å². The SMILES string of the molecule is C[C@@H]1CCCN([C@H](C)CNC(=O)NC[C@H]2CCN(c3ccc(F)c(F)c3)C2)C1. The van der Waals surface area contributed by atoms with Gasteiger partial charge in [-0.05, 0) is 56.7 Å². The number of carbonyl (C=O) groups excluding carboxylic acids is 1. The van der Waals surface area contributed by atoms with Gasteiger partial charge in [-0.2, -0.15) is 0 Å². The van der Waals surface area contributed by atoms with Gasteiger partial charge in [-0.25, -0.2) is 13.6 Å². The first-order chi connectivity index (χ1) is 13.4. The summed E-state index contributed by atoms with van der Waals surface area (Å²) in [6.07, 6.45) is 3.44. The third-order valence-electron chi connectivity index (χ3n) is 5.98. The quantitative estimate of drug-likeness (QED) is 0.779. The number of carbonyl (C=O) groups is 1. The highest BCUT2D eigenvalue weighted by atomic mass is 19.2. The first kappa shape index (κ1) is 20.8. The van der Waals surface area contributed by atoms with Crippen molar-refractivity contribution in [3.8, 4) is 0 Å². The topological polar surface area (TPSA) is 47.6 Å². The highest BCUT2D eigenvalue weighted by Gasteiger charge is 2.24. The van der Waals surface area contributed by atoms with Gasteiger partial charge in [0.1, 0.15) is 0 Å². The molecule has 5 nitrogen and oxygen atoms in total. The number of piperidine rings is 1. The molecule has 2 aliphatic rings. The van der Waals surface area contributed by atoms with Crippen LogP contribution in [-0.2, 0) is 0 Å². The molecule has 2 fully saturated rings. The van der Waals surface area contributed by atoms with Crippen LogP contribution in [0.5, 0.6) is 0 Å². The van der Waals surface area contributed by atoms with Gasteiger partial charge in [0.2, 0.25) is 0 Å². The van der Waals surface area contributed by atoms with Gasteiger partial charge in [0.25, 0.3) is 0 Å². The van der Waals surface area contributed by atoms with Crippen LogP contribution in [0.25, 0.3) is 0 Å². The van der Waals surface area contributed by atoms with Gasteiger partial charge in [0.05, 0.1) is 0 Å². The third kappa shape index (κ3) is 5.56. The number of nitrogens with one attached hydrogen (secondary N) is 2. The zero-order valence-corrected chi connectivity index (χ0v) is 16.9. The van der Waals surface area contributed by atoms with Gasteiger partial charge in [0.15, 0.2) is 11.6 Å². The molecule has 0 aromatic heterocycles. The minimum atomic E-state index is -0.828. The van der Waals surface area contributed by atoms with Crippen LogP contribution in [-0.4, -0.2) is 56.2 Å². The third-order valence-corrected chi connectivity index (χ3v) is 5.98. The van der Waals surface area contributed by atoms with E-state index in [0.717, 1.165) is 44.6 Å². The van der Waals surface area contributed by atoms with Crippen LogP contribution in [0.1, 0.15) is 33.1 Å². The van der Waals surface area contributed by atoms with Crippen LogP contribution in [0.4, 0.5) is 19.3 Å². The Bertz CT molecular complexity index is 672. The van der Waals surface area contributed by atoms with E-state index in [1.807, 2.05) is 4.90 Å². The molecule has 2 aliphatic heterocycles. The van der Waals surface area contributed by atoms with Gasteiger partial charge in [0, 0.05) is 50.5 Å². The minimum Gasteiger partial charge on any atom is -0.371 e. The number of likely N-dealkylation sites (tertiary alicyclic amines) is 1. The number of hydrogen-bond acceptors (Lipinski definition) is 3. The first-order valence-electron chi connectivity index (χ1n) is 10.4. The lowest BCUT2D eigenvalue weighted by molar-refractivity contribution is 0.137. The van der Waals surface area contributed by atoms with Crippen molar-refractivity contribution in [3.05, 3.63) is 29.8 Å². The van der Waals surface area contributed by atoms with Gasteiger partial charge >= 0.3 is 6.03 Å². The van der Waals surface area contributed by atoms with Crippen molar-refractivity contribution in [2.45, 2.75) is 39.2 Å². The average Bonchev–Trinajstić information content (AvgIpc) is 3.15. The Balaban J connectivity index is 1.36. The second-order valence-corrected chi connectivity index (χ2v) is 8.38. The van der Waals surface area contributed by atoms with Crippen molar-refractivity contribution in [2.75, 3.05) is 44.2 Å². The second-order valence-electron chi connectivity index (χ2n) is 8.38. The summed E-state index contributed by atoms with van der Waals surface area (Å²) >= 11 is 0. The number of hydrogen-bond donors (Lipinski definition) is 2. The molecule has 3 atom stereocenters. The van der Waals surface area contributed by atoms with Crippen molar-refractivity contribution in [2.24, 2.45) is 11.8 Å². The monoisotopic (exact) mass is 394 g/mol. The Kier molecular flexibility index (Phi) is 7.10. The van der Waals surface area contributed by atoms with Crippen LogP contribution < -0.4 is 15.5 Å². The molecule has 156 valence electrons. The zero-order chi connectivity index (χ0) is 20.1. The smallest absolute Gasteiger partial charge is 0.314 e. The number of benzene rings is 1. The maximum absolute atomic E-state index is 13.4. The van der Waals surface area contributed by atoms with Gasteiger partial charge in [-0.15, -0.1) is 0 Å². The lowest BCUT2D eigenvalue weighted by Gasteiger charge is -2.35. The van der Waals surface area contributed by atoms with E-state index in [9.17, 15) is 13.6 Å². The standard InChI is InChI=1S/C21H32F2N4O/c1-15-4-3-8-26(13-15)16(2)11-24-21(28)25-12-17-7-9-27(14-17)18-5-6-19(22)20(23)10-18/h5-6,10,15-17H,3-4,7-9,11-14H2,1-2H3,(H2,24,25,28)/t15-,16-,17-/m1/s1. The molecule has 2 heterocycles. The predicted octanol–water partition coefficient (Wildman–Crippen LogP) is 3.21. The van der Waals surface area contributed by atoms with E-state index in [1.54, 1.807) is 6.07 Å². The molecule has 0 unspecified atom stereocenters. The summed E-state index contributed by atoms with van der Waals surface area (Å²) < 4.78 is 26.5. The highest BCUT2D eigenvalue weighted by Crippen LogP contribution is 2.25. The number of halogens is 2. The fraction of sp³-hybridized carbons (Fsp3) is 0.667. The molecule has 0 aliphatic carbocycles. The Hall–Kier alpha value is -1.89. The molecule has 1 aromatic rings. The van der Waals surface area contributed by atoms with Crippen LogP contribution in [0.15, 0.2) is 18.2 Å². The van der Waals surface area contributed by atoms with E-state index in [4.69, 9.17) is 0 Å². The molecule has 0 bridgehead atoms. The largest absolute Gasteiger partial charge is 0.371 e. The summed E-state index contributed by atoms with van der Waals surface area (Å²) in [5.41, 5.74) is 0.690. The molecule has 3 rings (SSSR count). The van der Waals surface area contributed by atoms with E-state index in [1.165, 1.54) is 18.9 Å². The maximum atomic E-state index is 13.4. The molecule has 0 saturated carbocycles. The number of anilines is 1. The van der Waals surface area contributed by atoms with Crippen molar-refractivity contribution < 1.29 is 13.6 Å². The van der Waals surface area contributed by atoms with Gasteiger partial charge < -0.3 is 15.5 Å². The molecule has 2 amide bonds. The lowest BCUT2D eigenvalue weighted by Crippen LogP contribution is -2.48. The Morgan fingerprint density at radius 3 is 2.75 bits per heavy atom. The van der Waals surface area contributed by atoms with Gasteiger partial charge in [-0.3, -0.25) is 4.90 Å². The zero-order valence-electron chi connectivity index (χ0n) is 16.9. The van der Waals surface area contributed by atoms with Crippen molar-refractivity contribution >= 4 is 11.7 Å². The molecule has 7 heteroatoms. The van der Waals surface area contributed by atoms with E-state index in [2.05, 4.69) is 29.4 Å². The molecular weight excluding hydrogens is 362 g/mol. The minimum absolute atomic E-state index is 0.136. The summed E-state index contributed by atoms with van der Waals surface area (Å²) in [4.78, 5) is 16.6. The molecule has 0 radical (unpaired) electrons. The lowest BCUT2D eigenvalue weighted by atomic mass is 9.99. The van der Waals surface area contributed by atoms with Crippen LogP contribution in [0, 0.1) is 23.5 Å². The van der Waals surface area contributed by atoms with E-state index in [-0.39, 0.29) is 6.03 Å². The Morgan fingerprint density at radius 1 is 1.18 bits per heavy atom. The van der Waals surface area contributed by atoms with E-state index < -0.39 is 11.6 Å². The van der Waals surface area contributed by atoms with Crippen molar-refractivity contribution in [1.29, 1.82) is 0 Å². The fourth-order valence-electron chi connectivity index (χ4n) is 4.21. The fourth-order valence-corrected chi connectivity index (χ4v) is 4.21. The van der Waals surface area contributed by atoms with Crippen LogP contribution >= 0.6 is 0 Å². The Morgan fingerprint density at radius 2 is 2.00 bits per heavy atom. The number of nitrogens with zero attached hydrogens (tertiary/aromatic N) is 2. The normalized spacial score (nSPS) is 24.2. The Labute approximate surface area is 166 Å². The van der Waals surface area contributed by atoms with E-state index in [0.29, 0.717) is 30.7 Å². The second kappa shape index (κ2) is 9.54. The van der Waals surface area contributed by atoms with Crippen molar-refractivity contribution in [3.63, 3.8) is 0 Å². The van der Waals surface area contributed by atoms with Crippen LogP contribution in [0.2, 0.25) is 0 Å². The molecule has 2 N–H and O–H groups in total. The maximum Gasteiger partial charge on any atom is 0.314 e. The summed E-state index contributed by atoms with van der Waals surface area (Å²) in [5, 5.41) is 5.93. The van der Waals surface area contributed by atoms with Crippen molar-refractivity contribution in [1.82, 2.24) is 15.5 Å². The number of urea groups is 1. The molecule has 1 aromatic carbocycles. The highest BCUT2D eigenvalue weighted by molar-refractivity contribution is 5.73. The first-order valence-corrected chi connectivity index (χ1v) is 10.4. The summed E-state index contributed by atoms with van der Waals surface area (Å²) in [6.45, 7) is 9.39. The number of rotatable bonds is 6. The summed E-state index contributed by atoms with van der Waals surface area (Å²) in [7, 11) is 0. The van der Waals surface area contributed by atoms with Gasteiger partial charge in [-0.1, -0.05) is 6.92 Å². The summed E-state index contributed by atoms with van der Waals surface area (Å²) in [5.74, 6) is -0.620. The molecule has 0 spiro atoms.